The second-order valence-corrected chi connectivity index (χ2v) is 7.76. The molecule has 0 spiro atoms. The average molecular weight is 413 g/mol. The number of rotatable bonds is 5. The van der Waals surface area contributed by atoms with Crippen LogP contribution in [0.1, 0.15) is 41.3 Å². The van der Waals surface area contributed by atoms with E-state index in [4.69, 9.17) is 4.74 Å². The van der Waals surface area contributed by atoms with Gasteiger partial charge in [-0.3, -0.25) is 4.79 Å². The van der Waals surface area contributed by atoms with Crippen molar-refractivity contribution in [2.24, 2.45) is 0 Å². The van der Waals surface area contributed by atoms with Gasteiger partial charge in [0.15, 0.2) is 11.4 Å². The molecule has 7 nitrogen and oxygen atoms in total. The quantitative estimate of drug-likeness (QED) is 0.639. The first-order chi connectivity index (χ1) is 15.0. The second kappa shape index (κ2) is 8.62. The fraction of sp³-hybridized carbons (Fsp3) is 0.292. The van der Waals surface area contributed by atoms with Gasteiger partial charge in [-0.25, -0.2) is 15.0 Å². The van der Waals surface area contributed by atoms with E-state index in [1.165, 1.54) is 6.20 Å². The SMILES string of the molecule is Cc1c(C#N)ccnc1O[C@]1(C(=O)c2ccccc2-c2ncccn2)CC[C@@H](C)NC1. The summed E-state index contributed by atoms with van der Waals surface area (Å²) in [5, 5.41) is 12.8. The van der Waals surface area contributed by atoms with E-state index in [9.17, 15) is 10.1 Å². The second-order valence-electron chi connectivity index (χ2n) is 7.76. The van der Waals surface area contributed by atoms with Gasteiger partial charge in [0.25, 0.3) is 0 Å². The van der Waals surface area contributed by atoms with E-state index in [0.29, 0.717) is 46.9 Å². The van der Waals surface area contributed by atoms with E-state index < -0.39 is 5.60 Å². The predicted molar refractivity (Wildman–Crippen MR) is 116 cm³/mol. The molecule has 7 heteroatoms. The molecule has 3 aromatic rings. The van der Waals surface area contributed by atoms with Crippen LogP contribution in [0.3, 0.4) is 0 Å². The normalized spacial score (nSPS) is 20.6. The summed E-state index contributed by atoms with van der Waals surface area (Å²) in [5.41, 5.74) is 1.10. The summed E-state index contributed by atoms with van der Waals surface area (Å²) >= 11 is 0. The van der Waals surface area contributed by atoms with E-state index >= 15 is 0 Å². The zero-order chi connectivity index (χ0) is 21.8. The Kier molecular flexibility index (Phi) is 5.74. The van der Waals surface area contributed by atoms with Gasteiger partial charge in [-0.15, -0.1) is 0 Å². The number of hydrogen-bond acceptors (Lipinski definition) is 7. The van der Waals surface area contributed by atoms with Crippen molar-refractivity contribution in [3.63, 3.8) is 0 Å². The molecular formula is C24H23N5O2. The van der Waals surface area contributed by atoms with Gasteiger partial charge in [0.2, 0.25) is 11.7 Å². The molecule has 4 rings (SSSR count). The maximum atomic E-state index is 14.0. The largest absolute Gasteiger partial charge is 0.461 e. The average Bonchev–Trinajstić information content (AvgIpc) is 2.82. The van der Waals surface area contributed by atoms with Crippen molar-refractivity contribution in [2.45, 2.75) is 38.3 Å². The lowest BCUT2D eigenvalue weighted by Gasteiger charge is -2.39. The molecule has 0 radical (unpaired) electrons. The van der Waals surface area contributed by atoms with Gasteiger partial charge >= 0.3 is 0 Å². The van der Waals surface area contributed by atoms with Crippen LogP contribution in [-0.2, 0) is 0 Å². The number of piperidine rings is 1. The lowest BCUT2D eigenvalue weighted by Crippen LogP contribution is -2.58. The predicted octanol–water partition coefficient (Wildman–Crippen LogP) is 3.49. The van der Waals surface area contributed by atoms with E-state index in [-0.39, 0.29) is 11.8 Å². The van der Waals surface area contributed by atoms with Gasteiger partial charge in [-0.05, 0) is 38.8 Å². The molecule has 0 aliphatic carbocycles. The first kappa shape index (κ1) is 20.6. The molecule has 31 heavy (non-hydrogen) atoms. The van der Waals surface area contributed by atoms with Gasteiger partial charge in [0.05, 0.1) is 11.6 Å². The molecule has 1 aliphatic heterocycles. The highest BCUT2D eigenvalue weighted by molar-refractivity contribution is 6.07. The minimum absolute atomic E-state index is 0.154. The van der Waals surface area contributed by atoms with Crippen molar-refractivity contribution in [2.75, 3.05) is 6.54 Å². The summed E-state index contributed by atoms with van der Waals surface area (Å²) in [6, 6.07) is 13.1. The fourth-order valence-corrected chi connectivity index (χ4v) is 3.79. The molecule has 2 aromatic heterocycles. The van der Waals surface area contributed by atoms with Crippen LogP contribution in [-0.4, -0.2) is 38.9 Å². The fourth-order valence-electron chi connectivity index (χ4n) is 3.79. The van der Waals surface area contributed by atoms with Crippen LogP contribution < -0.4 is 10.1 Å². The lowest BCUT2D eigenvalue weighted by atomic mass is 9.82. The summed E-state index contributed by atoms with van der Waals surface area (Å²) in [4.78, 5) is 27.0. The molecule has 1 aliphatic rings. The molecule has 156 valence electrons. The van der Waals surface area contributed by atoms with Crippen LogP contribution in [0.4, 0.5) is 0 Å². The van der Waals surface area contributed by atoms with Crippen molar-refractivity contribution < 1.29 is 9.53 Å². The number of aromatic nitrogens is 3. The monoisotopic (exact) mass is 413 g/mol. The van der Waals surface area contributed by atoms with Crippen LogP contribution in [0.15, 0.2) is 55.0 Å². The third-order valence-electron chi connectivity index (χ3n) is 5.68. The third-order valence-corrected chi connectivity index (χ3v) is 5.68. The summed E-state index contributed by atoms with van der Waals surface area (Å²) in [7, 11) is 0. The molecule has 0 bridgehead atoms. The number of nitrogens with one attached hydrogen (secondary N) is 1. The Morgan fingerprint density at radius 3 is 2.65 bits per heavy atom. The van der Waals surface area contributed by atoms with Crippen molar-refractivity contribution >= 4 is 5.78 Å². The number of nitrogens with zero attached hydrogens (tertiary/aromatic N) is 4. The zero-order valence-corrected chi connectivity index (χ0v) is 17.5. The van der Waals surface area contributed by atoms with Crippen LogP contribution in [0.5, 0.6) is 5.88 Å². The number of ether oxygens (including phenoxy) is 1. The van der Waals surface area contributed by atoms with E-state index in [1.807, 2.05) is 18.2 Å². The van der Waals surface area contributed by atoms with Gasteiger partial charge in [-0.1, -0.05) is 24.3 Å². The number of benzene rings is 1. The number of pyridine rings is 1. The highest BCUT2D eigenvalue weighted by atomic mass is 16.5. The Hall–Kier alpha value is -3.63. The van der Waals surface area contributed by atoms with Gasteiger partial charge in [0, 0.05) is 47.9 Å². The number of carbonyl (C=O) groups is 1. The molecular weight excluding hydrogens is 390 g/mol. The standard InChI is InChI=1S/C24H23N5O2/c1-16-8-10-24(15-29-16,31-23-17(2)18(14-25)9-13-28-23)21(30)19-6-3-4-7-20(19)22-26-11-5-12-27-22/h3-7,9,11-13,16,29H,8,10,15H2,1-2H3/t16-,24-/m1/s1. The van der Waals surface area contributed by atoms with Crippen LogP contribution in [0.25, 0.3) is 11.4 Å². The topological polar surface area (TPSA) is 101 Å². The molecule has 0 saturated carbocycles. The molecule has 1 saturated heterocycles. The Morgan fingerprint density at radius 1 is 1.16 bits per heavy atom. The van der Waals surface area contributed by atoms with Crippen molar-refractivity contribution in [1.82, 2.24) is 20.3 Å². The Morgan fingerprint density at radius 2 is 1.94 bits per heavy atom. The highest BCUT2D eigenvalue weighted by Crippen LogP contribution is 2.33. The number of carbonyl (C=O) groups excluding carboxylic acids is 1. The first-order valence-electron chi connectivity index (χ1n) is 10.2. The third kappa shape index (κ3) is 4.03. The summed E-state index contributed by atoms with van der Waals surface area (Å²) < 4.78 is 6.36. The Balaban J connectivity index is 1.78. The maximum absolute atomic E-state index is 14.0. The molecule has 3 heterocycles. The van der Waals surface area contributed by atoms with Crippen LogP contribution in [0, 0.1) is 18.3 Å². The smallest absolute Gasteiger partial charge is 0.218 e. The van der Waals surface area contributed by atoms with E-state index in [2.05, 4.69) is 33.3 Å². The number of ketones is 1. The summed E-state index contributed by atoms with van der Waals surface area (Å²) in [6.45, 7) is 4.21. The molecule has 0 amide bonds. The Bertz CT molecular complexity index is 1130. The van der Waals surface area contributed by atoms with Crippen LogP contribution >= 0.6 is 0 Å². The van der Waals surface area contributed by atoms with Gasteiger partial charge in [-0.2, -0.15) is 5.26 Å². The minimum Gasteiger partial charge on any atom is -0.461 e. The first-order valence-corrected chi connectivity index (χ1v) is 10.2. The van der Waals surface area contributed by atoms with Gasteiger partial charge in [0.1, 0.15) is 0 Å². The van der Waals surface area contributed by atoms with Crippen molar-refractivity contribution in [3.8, 4) is 23.3 Å². The molecule has 1 N–H and O–H groups in total. The van der Waals surface area contributed by atoms with E-state index in [1.54, 1.807) is 37.5 Å². The highest BCUT2D eigenvalue weighted by Gasteiger charge is 2.45. The molecule has 0 unspecified atom stereocenters. The Labute approximate surface area is 181 Å². The van der Waals surface area contributed by atoms with Crippen LogP contribution in [0.2, 0.25) is 0 Å². The summed E-state index contributed by atoms with van der Waals surface area (Å²) in [6.07, 6.45) is 6.14. The number of nitriles is 1. The lowest BCUT2D eigenvalue weighted by molar-refractivity contribution is 0.0261. The van der Waals surface area contributed by atoms with Crippen molar-refractivity contribution in [3.05, 3.63) is 71.7 Å². The molecule has 2 atom stereocenters. The molecule has 1 aromatic carbocycles. The number of Topliss-reactive ketones (excluding diaryl/α,β-unsaturated/α-hetero) is 1. The summed E-state index contributed by atoms with van der Waals surface area (Å²) in [5.74, 6) is 0.634. The van der Waals surface area contributed by atoms with Gasteiger partial charge < -0.3 is 10.1 Å². The molecule has 1 fully saturated rings. The zero-order valence-electron chi connectivity index (χ0n) is 17.5. The van der Waals surface area contributed by atoms with E-state index in [0.717, 1.165) is 6.42 Å². The minimum atomic E-state index is -1.15. The maximum Gasteiger partial charge on any atom is 0.218 e. The van der Waals surface area contributed by atoms with Crippen molar-refractivity contribution in [1.29, 1.82) is 5.26 Å². The number of hydrogen-bond donors (Lipinski definition) is 1.